The SMILES string of the molecule is COCCOCCOCCOCCOCCOCCOCCOCCOCCOCCOCCOCCN(CCCOCCOCCOCCOCCOCCOCCOCCOCCOCCOCCOCCO)c1ccc(C=O)c(O)c1. The summed E-state index contributed by atoms with van der Waals surface area (Å²) < 4.78 is 126. The summed E-state index contributed by atoms with van der Waals surface area (Å²) >= 11 is 0. The molecule has 27 nitrogen and oxygen atoms in total. The van der Waals surface area contributed by atoms with Crippen LogP contribution in [0.2, 0.25) is 0 Å². The number of benzene rings is 1. The molecule has 0 unspecified atom stereocenters. The molecule has 0 saturated carbocycles. The molecule has 1 rings (SSSR count). The lowest BCUT2D eigenvalue weighted by molar-refractivity contribution is -0.0279. The fourth-order valence-corrected chi connectivity index (χ4v) is 6.54. The molecule has 496 valence electrons. The van der Waals surface area contributed by atoms with Gasteiger partial charge in [0.2, 0.25) is 0 Å². The Morgan fingerprint density at radius 2 is 0.536 bits per heavy atom. The van der Waals surface area contributed by atoms with E-state index >= 15 is 0 Å². The van der Waals surface area contributed by atoms with Crippen molar-refractivity contribution in [2.45, 2.75) is 6.42 Å². The van der Waals surface area contributed by atoms with Gasteiger partial charge in [-0.05, 0) is 18.6 Å². The molecule has 0 aromatic heterocycles. The highest BCUT2D eigenvalue weighted by Gasteiger charge is 2.11. The van der Waals surface area contributed by atoms with Crippen LogP contribution in [0.25, 0.3) is 0 Å². The number of nitrogens with zero attached hydrogens (tertiary/aromatic N) is 1. The molecule has 0 heterocycles. The third-order valence-electron chi connectivity index (χ3n) is 10.8. The number of phenolic OH excluding ortho intramolecular Hbond substituents is 1. The third kappa shape index (κ3) is 59.8. The van der Waals surface area contributed by atoms with Crippen LogP contribution < -0.4 is 4.90 Å². The monoisotopic (exact) mass is 1220 g/mol. The summed E-state index contributed by atoms with van der Waals surface area (Å²) in [6.07, 6.45) is 1.36. The average Bonchev–Trinajstić information content (AvgIpc) is 3.70. The van der Waals surface area contributed by atoms with E-state index in [1.165, 1.54) is 0 Å². The van der Waals surface area contributed by atoms with Gasteiger partial charge in [0.25, 0.3) is 0 Å². The number of hydrogen-bond donors (Lipinski definition) is 2. The number of aliphatic hydroxyl groups excluding tert-OH is 1. The molecule has 0 aliphatic rings. The highest BCUT2D eigenvalue weighted by atomic mass is 16.6. The summed E-state index contributed by atoms with van der Waals surface area (Å²) in [6.45, 7) is 22.6. The van der Waals surface area contributed by atoms with Crippen molar-refractivity contribution >= 4 is 12.0 Å². The molecule has 0 aliphatic heterocycles. The van der Waals surface area contributed by atoms with Gasteiger partial charge in [-0.15, -0.1) is 0 Å². The van der Waals surface area contributed by atoms with Crippen LogP contribution in [0.15, 0.2) is 18.2 Å². The molecule has 0 fully saturated rings. The standard InChI is InChI=1S/C57H107NO26/c1-62-11-12-66-19-20-70-27-28-74-35-36-78-43-44-82-51-52-84-49-46-80-41-38-76-33-30-72-25-22-68-17-14-64-9-6-58(56-4-3-55(54-60)57(61)53-56)5-2-8-63-13-16-67-21-24-71-29-32-75-37-40-79-45-48-83-50-47-81-42-39-77-34-31-73-26-23-69-18-15-65-10-7-59/h3-4,53-54,59,61H,2,5-52H2,1H3. The molecule has 0 bridgehead atoms. The van der Waals surface area contributed by atoms with Crippen molar-refractivity contribution in [1.82, 2.24) is 0 Å². The molecular weight excluding hydrogens is 1110 g/mol. The van der Waals surface area contributed by atoms with E-state index in [1.807, 2.05) is 6.07 Å². The number of methoxy groups -OCH3 is 1. The van der Waals surface area contributed by atoms with Crippen molar-refractivity contribution in [3.8, 4) is 5.75 Å². The number of carbonyl (C=O) groups is 1. The highest BCUT2D eigenvalue weighted by molar-refractivity contribution is 5.80. The van der Waals surface area contributed by atoms with Crippen LogP contribution in [0.5, 0.6) is 5.75 Å². The van der Waals surface area contributed by atoms with E-state index in [0.29, 0.717) is 317 Å². The van der Waals surface area contributed by atoms with Crippen molar-refractivity contribution < 1.29 is 124 Å². The molecule has 0 radical (unpaired) electrons. The maximum atomic E-state index is 11.3. The van der Waals surface area contributed by atoms with E-state index in [1.54, 1.807) is 19.2 Å². The number of hydrogen-bond acceptors (Lipinski definition) is 27. The molecule has 84 heavy (non-hydrogen) atoms. The van der Waals surface area contributed by atoms with Crippen LogP contribution in [0.1, 0.15) is 16.8 Å². The topological polar surface area (TPSA) is 273 Å². The number of rotatable bonds is 74. The van der Waals surface area contributed by atoms with Gasteiger partial charge < -0.3 is 124 Å². The fourth-order valence-electron chi connectivity index (χ4n) is 6.54. The molecule has 0 amide bonds. The van der Waals surface area contributed by atoms with Crippen LogP contribution in [-0.4, -0.2) is 341 Å². The maximum Gasteiger partial charge on any atom is 0.153 e. The number of carbonyl (C=O) groups excluding carboxylic acids is 1. The third-order valence-corrected chi connectivity index (χ3v) is 10.8. The summed E-state index contributed by atoms with van der Waals surface area (Å²) in [5.74, 6) is -0.0727. The second kappa shape index (κ2) is 69.6. The molecular formula is C57H107NO26. The average molecular weight is 1220 g/mol. The van der Waals surface area contributed by atoms with Gasteiger partial charge in [-0.3, -0.25) is 4.79 Å². The number of anilines is 1. The number of aliphatic hydroxyl groups is 1. The van der Waals surface area contributed by atoms with Crippen molar-refractivity contribution in [3.05, 3.63) is 23.8 Å². The van der Waals surface area contributed by atoms with Crippen LogP contribution in [0.3, 0.4) is 0 Å². The van der Waals surface area contributed by atoms with E-state index in [0.717, 1.165) is 12.1 Å². The Morgan fingerprint density at radius 1 is 0.310 bits per heavy atom. The Bertz CT molecular complexity index is 1360. The molecule has 27 heteroatoms. The molecule has 0 aliphatic carbocycles. The van der Waals surface area contributed by atoms with E-state index in [2.05, 4.69) is 4.90 Å². The Balaban J connectivity index is 1.87. The Morgan fingerprint density at radius 3 is 0.762 bits per heavy atom. The number of aldehydes is 1. The minimum atomic E-state index is -0.0727. The zero-order valence-electron chi connectivity index (χ0n) is 50.6. The summed E-state index contributed by atoms with van der Waals surface area (Å²) in [6, 6.07) is 5.00. The smallest absolute Gasteiger partial charge is 0.153 e. The molecule has 0 saturated heterocycles. The second-order valence-electron chi connectivity index (χ2n) is 17.4. The minimum absolute atomic E-state index is 0.0127. The van der Waals surface area contributed by atoms with E-state index in [9.17, 15) is 9.90 Å². The molecule has 2 N–H and O–H groups in total. The molecule has 0 spiro atoms. The van der Waals surface area contributed by atoms with Gasteiger partial charge in [-0.2, -0.15) is 0 Å². The normalized spacial score (nSPS) is 11.6. The van der Waals surface area contributed by atoms with Crippen LogP contribution in [-0.2, 0) is 109 Å². The van der Waals surface area contributed by atoms with Gasteiger partial charge in [0.05, 0.1) is 303 Å². The summed E-state index contributed by atoms with van der Waals surface area (Å²) in [4.78, 5) is 13.4. The second-order valence-corrected chi connectivity index (χ2v) is 17.4. The number of ether oxygens (including phenoxy) is 23. The predicted molar refractivity (Wildman–Crippen MR) is 307 cm³/mol. The highest BCUT2D eigenvalue weighted by Crippen LogP contribution is 2.24. The molecule has 0 atom stereocenters. The first-order chi connectivity index (χ1) is 41.7. The van der Waals surface area contributed by atoms with Crippen molar-refractivity contribution in [2.75, 3.05) is 329 Å². The van der Waals surface area contributed by atoms with Gasteiger partial charge >= 0.3 is 0 Å². The van der Waals surface area contributed by atoms with E-state index in [-0.39, 0.29) is 17.9 Å². The van der Waals surface area contributed by atoms with E-state index < -0.39 is 0 Å². The quantitative estimate of drug-likeness (QED) is 0.0689. The van der Waals surface area contributed by atoms with Gasteiger partial charge in [0, 0.05) is 38.6 Å². The zero-order valence-corrected chi connectivity index (χ0v) is 50.6. The lowest BCUT2D eigenvalue weighted by atomic mass is 10.2. The van der Waals surface area contributed by atoms with Gasteiger partial charge in [-0.25, -0.2) is 0 Å². The minimum Gasteiger partial charge on any atom is -0.507 e. The summed E-state index contributed by atoms with van der Waals surface area (Å²) in [7, 11) is 1.64. The fraction of sp³-hybridized carbons (Fsp3) is 0.877. The first kappa shape index (κ1) is 79.5. The molecule has 1 aromatic rings. The predicted octanol–water partition coefficient (Wildman–Crippen LogP) is 1.41. The Labute approximate surface area is 499 Å². The van der Waals surface area contributed by atoms with Crippen LogP contribution in [0, 0.1) is 0 Å². The van der Waals surface area contributed by atoms with Crippen molar-refractivity contribution in [2.24, 2.45) is 0 Å². The summed E-state index contributed by atoms with van der Waals surface area (Å²) in [5.41, 5.74) is 1.01. The largest absolute Gasteiger partial charge is 0.507 e. The number of aromatic hydroxyl groups is 1. The summed E-state index contributed by atoms with van der Waals surface area (Å²) in [5, 5.41) is 18.9. The first-order valence-corrected chi connectivity index (χ1v) is 29.6. The van der Waals surface area contributed by atoms with Crippen LogP contribution >= 0.6 is 0 Å². The van der Waals surface area contributed by atoms with Crippen molar-refractivity contribution in [3.63, 3.8) is 0 Å². The lowest BCUT2D eigenvalue weighted by Gasteiger charge is -2.25. The van der Waals surface area contributed by atoms with Gasteiger partial charge in [0.1, 0.15) is 5.75 Å². The Hall–Kier alpha value is -2.47. The van der Waals surface area contributed by atoms with Crippen LogP contribution in [0.4, 0.5) is 5.69 Å². The Kier molecular flexibility index (Phi) is 65.9. The first-order valence-electron chi connectivity index (χ1n) is 29.6. The van der Waals surface area contributed by atoms with E-state index in [4.69, 9.17) is 114 Å². The van der Waals surface area contributed by atoms with Gasteiger partial charge in [-0.1, -0.05) is 0 Å². The molecule has 1 aromatic carbocycles. The number of phenols is 1. The lowest BCUT2D eigenvalue weighted by Crippen LogP contribution is -2.29. The van der Waals surface area contributed by atoms with Gasteiger partial charge in [0.15, 0.2) is 6.29 Å². The zero-order chi connectivity index (χ0) is 60.0. The van der Waals surface area contributed by atoms with Crippen molar-refractivity contribution in [1.29, 1.82) is 0 Å². The maximum absolute atomic E-state index is 11.3.